The van der Waals surface area contributed by atoms with E-state index in [9.17, 15) is 14.9 Å². The molecule has 0 saturated heterocycles. The summed E-state index contributed by atoms with van der Waals surface area (Å²) in [6, 6.07) is 1.28. The molecule has 0 aliphatic carbocycles. The highest BCUT2D eigenvalue weighted by Gasteiger charge is 2.11. The molecule has 1 amide bonds. The van der Waals surface area contributed by atoms with Gasteiger partial charge in [-0.1, -0.05) is 0 Å². The van der Waals surface area contributed by atoms with Gasteiger partial charge in [0.25, 0.3) is 0 Å². The van der Waals surface area contributed by atoms with Crippen LogP contribution in [0.5, 0.6) is 0 Å². The van der Waals surface area contributed by atoms with Crippen LogP contribution in [0.2, 0.25) is 0 Å². The molecule has 23 heavy (non-hydrogen) atoms. The molecule has 0 atom stereocenters. The number of hydrogen-bond acceptors (Lipinski definition) is 6. The molecule has 0 spiro atoms. The van der Waals surface area contributed by atoms with Crippen LogP contribution >= 0.6 is 0 Å². The van der Waals surface area contributed by atoms with Crippen molar-refractivity contribution in [3.05, 3.63) is 39.3 Å². The van der Waals surface area contributed by atoms with Crippen LogP contribution in [0.15, 0.2) is 17.4 Å². The number of hydrogen-bond donors (Lipinski definition) is 1. The van der Waals surface area contributed by atoms with Crippen LogP contribution in [0.3, 0.4) is 0 Å². The van der Waals surface area contributed by atoms with Gasteiger partial charge in [-0.3, -0.25) is 9.48 Å². The minimum absolute atomic E-state index is 0.112. The van der Waals surface area contributed by atoms with E-state index in [1.165, 1.54) is 16.9 Å². The molecule has 10 nitrogen and oxygen atoms in total. The lowest BCUT2D eigenvalue weighted by molar-refractivity contribution is -0.389. The van der Waals surface area contributed by atoms with Crippen LogP contribution in [0.25, 0.3) is 0 Å². The molecule has 122 valence electrons. The minimum Gasteiger partial charge on any atom is -0.358 e. The third kappa shape index (κ3) is 3.99. The van der Waals surface area contributed by atoms with E-state index < -0.39 is 4.92 Å². The molecule has 0 fully saturated rings. The van der Waals surface area contributed by atoms with Gasteiger partial charge in [0.05, 0.1) is 35.8 Å². The average molecular weight is 319 g/mol. The third-order valence-electron chi connectivity index (χ3n) is 3.33. The summed E-state index contributed by atoms with van der Waals surface area (Å²) >= 11 is 0. The molecule has 0 aromatic carbocycles. The van der Waals surface area contributed by atoms with Gasteiger partial charge in [-0.2, -0.15) is 14.9 Å². The normalized spacial score (nSPS) is 11.1. The topological polar surface area (TPSA) is 120 Å². The molecular formula is C13H17N7O3. The fraction of sp³-hybridized carbons (Fsp3) is 0.385. The SMILES string of the molecule is Cc1nn(C)c(C)c1/C=N/NC(=O)CCn1ccc([N+](=O)[O-])n1. The molecule has 2 aromatic rings. The lowest BCUT2D eigenvalue weighted by atomic mass is 10.2. The van der Waals surface area contributed by atoms with E-state index in [4.69, 9.17) is 0 Å². The number of amides is 1. The fourth-order valence-corrected chi connectivity index (χ4v) is 1.99. The lowest BCUT2D eigenvalue weighted by Crippen LogP contribution is -2.19. The molecule has 0 radical (unpaired) electrons. The van der Waals surface area contributed by atoms with Crippen LogP contribution < -0.4 is 5.43 Å². The molecule has 2 rings (SSSR count). The van der Waals surface area contributed by atoms with Gasteiger partial charge in [0, 0.05) is 24.7 Å². The number of rotatable bonds is 6. The highest BCUT2D eigenvalue weighted by Crippen LogP contribution is 2.08. The second-order valence-corrected chi connectivity index (χ2v) is 4.95. The van der Waals surface area contributed by atoms with Crippen LogP contribution in [0, 0.1) is 24.0 Å². The zero-order chi connectivity index (χ0) is 17.0. The molecule has 0 aliphatic rings. The fourth-order valence-electron chi connectivity index (χ4n) is 1.99. The van der Waals surface area contributed by atoms with Crippen LogP contribution in [0.1, 0.15) is 23.4 Å². The van der Waals surface area contributed by atoms with Gasteiger partial charge in [0.15, 0.2) is 0 Å². The Kier molecular flexibility index (Phi) is 4.84. The number of nitro groups is 1. The summed E-state index contributed by atoms with van der Waals surface area (Å²) in [7, 11) is 1.83. The Morgan fingerprint density at radius 3 is 2.78 bits per heavy atom. The molecule has 0 unspecified atom stereocenters. The Bertz CT molecular complexity index is 760. The number of nitrogens with one attached hydrogen (secondary N) is 1. The Balaban J connectivity index is 1.85. The van der Waals surface area contributed by atoms with E-state index >= 15 is 0 Å². The largest absolute Gasteiger partial charge is 0.389 e. The number of carbonyl (C=O) groups is 1. The number of nitrogens with zero attached hydrogens (tertiary/aromatic N) is 6. The van der Waals surface area contributed by atoms with Crippen molar-refractivity contribution in [1.82, 2.24) is 25.0 Å². The lowest BCUT2D eigenvalue weighted by Gasteiger charge is -1.98. The number of hydrazone groups is 1. The second kappa shape index (κ2) is 6.81. The van der Waals surface area contributed by atoms with Crippen molar-refractivity contribution in [3.8, 4) is 0 Å². The number of carbonyl (C=O) groups excluding carboxylic acids is 1. The molecular weight excluding hydrogens is 302 g/mol. The van der Waals surface area contributed by atoms with Crippen molar-refractivity contribution in [1.29, 1.82) is 0 Å². The Labute approximate surface area is 131 Å². The maximum Gasteiger partial charge on any atom is 0.389 e. The predicted octanol–water partition coefficient (Wildman–Crippen LogP) is 0.682. The van der Waals surface area contributed by atoms with Crippen molar-refractivity contribution in [2.24, 2.45) is 12.1 Å². The summed E-state index contributed by atoms with van der Waals surface area (Å²) in [4.78, 5) is 21.6. The highest BCUT2D eigenvalue weighted by atomic mass is 16.6. The van der Waals surface area contributed by atoms with E-state index in [1.807, 2.05) is 20.9 Å². The summed E-state index contributed by atoms with van der Waals surface area (Å²) in [5.74, 6) is -0.551. The van der Waals surface area contributed by atoms with Gasteiger partial charge >= 0.3 is 5.82 Å². The van der Waals surface area contributed by atoms with Gasteiger partial charge in [0.1, 0.15) is 0 Å². The summed E-state index contributed by atoms with van der Waals surface area (Å²) < 4.78 is 3.08. The van der Waals surface area contributed by atoms with Gasteiger partial charge in [-0.05, 0) is 18.8 Å². The first-order chi connectivity index (χ1) is 10.9. The van der Waals surface area contributed by atoms with Crippen LogP contribution in [0.4, 0.5) is 5.82 Å². The standard InChI is InChI=1S/C13H17N7O3/c1-9-11(10(2)18(3)16-9)8-14-15-13(21)5-7-19-6-4-12(17-19)20(22)23/h4,6,8H,5,7H2,1-3H3,(H,15,21)/b14-8+. The average Bonchev–Trinajstić information content (AvgIpc) is 3.05. The van der Waals surface area contributed by atoms with Crippen LogP contribution in [-0.2, 0) is 18.4 Å². The molecule has 1 N–H and O–H groups in total. The molecule has 10 heteroatoms. The quantitative estimate of drug-likeness (QED) is 0.477. The van der Waals surface area contributed by atoms with Crippen molar-refractivity contribution in [2.45, 2.75) is 26.8 Å². The summed E-state index contributed by atoms with van der Waals surface area (Å²) in [6.07, 6.45) is 3.12. The van der Waals surface area contributed by atoms with Crippen LogP contribution in [-0.4, -0.2) is 36.6 Å². The minimum atomic E-state index is -0.584. The van der Waals surface area contributed by atoms with Gasteiger partial charge in [-0.15, -0.1) is 0 Å². The van der Waals surface area contributed by atoms with Crippen molar-refractivity contribution in [2.75, 3.05) is 0 Å². The predicted molar refractivity (Wildman–Crippen MR) is 81.9 cm³/mol. The first-order valence-corrected chi connectivity index (χ1v) is 6.88. The van der Waals surface area contributed by atoms with E-state index in [2.05, 4.69) is 20.7 Å². The third-order valence-corrected chi connectivity index (χ3v) is 3.33. The summed E-state index contributed by atoms with van der Waals surface area (Å²) in [5, 5.41) is 22.4. The maximum atomic E-state index is 11.7. The van der Waals surface area contributed by atoms with Crippen molar-refractivity contribution >= 4 is 17.9 Å². The Hall–Kier alpha value is -3.04. The molecule has 0 aliphatic heterocycles. The molecule has 2 heterocycles. The van der Waals surface area contributed by atoms with E-state index in [1.54, 1.807) is 10.9 Å². The smallest absolute Gasteiger partial charge is 0.358 e. The first kappa shape index (κ1) is 16.3. The maximum absolute atomic E-state index is 11.7. The van der Waals surface area contributed by atoms with Crippen molar-refractivity contribution < 1.29 is 9.72 Å². The molecule has 0 saturated carbocycles. The number of aryl methyl sites for hydroxylation is 3. The first-order valence-electron chi connectivity index (χ1n) is 6.88. The van der Waals surface area contributed by atoms with Gasteiger partial charge in [0.2, 0.25) is 5.91 Å². The number of aromatic nitrogens is 4. The van der Waals surface area contributed by atoms with Crippen molar-refractivity contribution in [3.63, 3.8) is 0 Å². The van der Waals surface area contributed by atoms with E-state index in [-0.39, 0.29) is 24.7 Å². The molecule has 0 bridgehead atoms. The van der Waals surface area contributed by atoms with E-state index in [0.717, 1.165) is 17.0 Å². The summed E-state index contributed by atoms with van der Waals surface area (Å²) in [6.45, 7) is 4.01. The molecule has 2 aromatic heterocycles. The summed E-state index contributed by atoms with van der Waals surface area (Å²) in [5.41, 5.74) is 5.04. The zero-order valence-electron chi connectivity index (χ0n) is 13.1. The second-order valence-electron chi connectivity index (χ2n) is 4.95. The van der Waals surface area contributed by atoms with Gasteiger partial charge in [-0.25, -0.2) is 5.43 Å². The van der Waals surface area contributed by atoms with E-state index in [0.29, 0.717) is 0 Å². The van der Waals surface area contributed by atoms with Gasteiger partial charge < -0.3 is 10.1 Å². The highest BCUT2D eigenvalue weighted by molar-refractivity contribution is 5.84. The zero-order valence-corrected chi connectivity index (χ0v) is 13.1. The Morgan fingerprint density at radius 2 is 2.22 bits per heavy atom. The monoisotopic (exact) mass is 319 g/mol. The Morgan fingerprint density at radius 1 is 1.48 bits per heavy atom.